The highest BCUT2D eigenvalue weighted by Gasteiger charge is 2.24. The minimum atomic E-state index is -3.78. The maximum atomic E-state index is 12.3. The van der Waals surface area contributed by atoms with Crippen LogP contribution in [0.3, 0.4) is 0 Å². The van der Waals surface area contributed by atoms with Gasteiger partial charge in [0.25, 0.3) is 5.69 Å². The maximum Gasteiger partial charge on any atom is 0.271 e. The van der Waals surface area contributed by atoms with Gasteiger partial charge >= 0.3 is 0 Å². The zero-order valence-electron chi connectivity index (χ0n) is 17.5. The number of carbonyl (C=O) groups is 1. The second-order valence-corrected chi connectivity index (χ2v) is 8.64. The Balaban J connectivity index is 2.10. The molecule has 0 saturated heterocycles. The predicted molar refractivity (Wildman–Crippen MR) is 117 cm³/mol. The first-order valence-electron chi connectivity index (χ1n) is 9.33. The van der Waals surface area contributed by atoms with Crippen molar-refractivity contribution in [1.29, 1.82) is 0 Å². The number of hydrogen-bond acceptors (Lipinski definition) is 7. The zero-order chi connectivity index (χ0) is 23.0. The summed E-state index contributed by atoms with van der Waals surface area (Å²) in [5.74, 6) is -0.107. The Morgan fingerprint density at radius 2 is 1.94 bits per heavy atom. The third-order valence-corrected chi connectivity index (χ3v) is 5.51. The number of nitrogens with one attached hydrogen (secondary N) is 1. The van der Waals surface area contributed by atoms with Gasteiger partial charge in [0.2, 0.25) is 15.9 Å². The number of ether oxygens (including phenoxy) is 2. The van der Waals surface area contributed by atoms with Crippen molar-refractivity contribution in [2.24, 2.45) is 0 Å². The van der Waals surface area contributed by atoms with Gasteiger partial charge in [-0.25, -0.2) is 8.42 Å². The Bertz CT molecular complexity index is 1040. The molecule has 2 aromatic rings. The molecular formula is C20H25N3O7S. The van der Waals surface area contributed by atoms with E-state index in [4.69, 9.17) is 9.47 Å². The number of benzene rings is 2. The first kappa shape index (κ1) is 24.1. The number of nitrogens with zero attached hydrogens (tertiary/aromatic N) is 2. The molecule has 2 aromatic carbocycles. The molecule has 168 valence electrons. The molecule has 0 aliphatic rings. The number of carbonyl (C=O) groups excluding carboxylic acids is 1. The van der Waals surface area contributed by atoms with E-state index < -0.39 is 14.9 Å². The van der Waals surface area contributed by atoms with E-state index in [1.54, 1.807) is 25.3 Å². The van der Waals surface area contributed by atoms with Crippen LogP contribution in [0.4, 0.5) is 17.1 Å². The molecule has 0 spiro atoms. The van der Waals surface area contributed by atoms with E-state index in [0.29, 0.717) is 12.3 Å². The third kappa shape index (κ3) is 6.93. The number of non-ortho nitro benzene ring substituents is 1. The average Bonchev–Trinajstić information content (AvgIpc) is 2.70. The molecule has 0 radical (unpaired) electrons. The molecule has 2 rings (SSSR count). The summed E-state index contributed by atoms with van der Waals surface area (Å²) >= 11 is 0. The standard InChI is InChI=1S/C20H25N3O7S/c1-29-14-15-6-4-7-16(12-15)21-20(24)8-5-11-22(31(3,27)28)18-13-17(23(25)26)9-10-19(18)30-2/h4,6-7,9-10,12-13H,5,8,11,14H2,1-3H3,(H,21,24). The lowest BCUT2D eigenvalue weighted by Gasteiger charge is -2.24. The van der Waals surface area contributed by atoms with Crippen LogP contribution in [0.1, 0.15) is 18.4 Å². The van der Waals surface area contributed by atoms with Gasteiger partial charge in [-0.15, -0.1) is 0 Å². The molecule has 10 nitrogen and oxygen atoms in total. The van der Waals surface area contributed by atoms with Gasteiger partial charge in [0.1, 0.15) is 11.4 Å². The maximum absolute atomic E-state index is 12.3. The normalized spacial score (nSPS) is 11.1. The highest BCUT2D eigenvalue weighted by atomic mass is 32.2. The molecule has 0 bridgehead atoms. The van der Waals surface area contributed by atoms with E-state index in [0.717, 1.165) is 22.2 Å². The number of nitro benzene ring substituents is 1. The highest BCUT2D eigenvalue weighted by Crippen LogP contribution is 2.33. The van der Waals surface area contributed by atoms with Crippen LogP contribution in [-0.4, -0.2) is 46.3 Å². The predicted octanol–water partition coefficient (Wildman–Crippen LogP) is 2.93. The summed E-state index contributed by atoms with van der Waals surface area (Å²) in [6.07, 6.45) is 1.24. The molecule has 0 aliphatic carbocycles. The van der Waals surface area contributed by atoms with Crippen molar-refractivity contribution in [3.05, 3.63) is 58.1 Å². The van der Waals surface area contributed by atoms with E-state index in [2.05, 4.69) is 5.32 Å². The fourth-order valence-corrected chi connectivity index (χ4v) is 3.92. The molecule has 11 heteroatoms. The monoisotopic (exact) mass is 451 g/mol. The highest BCUT2D eigenvalue weighted by molar-refractivity contribution is 7.92. The van der Waals surface area contributed by atoms with Crippen LogP contribution in [0.5, 0.6) is 5.75 Å². The van der Waals surface area contributed by atoms with Gasteiger partial charge < -0.3 is 14.8 Å². The van der Waals surface area contributed by atoms with E-state index in [9.17, 15) is 23.3 Å². The SMILES string of the molecule is COCc1cccc(NC(=O)CCCN(c2cc([N+](=O)[O-])ccc2OC)S(C)(=O)=O)c1. The lowest BCUT2D eigenvalue weighted by Crippen LogP contribution is -2.32. The number of amides is 1. The van der Waals surface area contributed by atoms with Crippen molar-refractivity contribution in [3.8, 4) is 5.75 Å². The van der Waals surface area contributed by atoms with Crippen LogP contribution in [0.15, 0.2) is 42.5 Å². The van der Waals surface area contributed by atoms with E-state index in [1.807, 2.05) is 6.07 Å². The summed E-state index contributed by atoms with van der Waals surface area (Å²) in [6, 6.07) is 10.9. The van der Waals surface area contributed by atoms with Crippen LogP contribution >= 0.6 is 0 Å². The second kappa shape index (κ2) is 10.7. The Morgan fingerprint density at radius 3 is 2.55 bits per heavy atom. The third-order valence-electron chi connectivity index (χ3n) is 4.33. The van der Waals surface area contributed by atoms with Crippen LogP contribution in [0, 0.1) is 10.1 Å². The van der Waals surface area contributed by atoms with E-state index in [-0.39, 0.29) is 42.4 Å². The Labute approximate surface area is 181 Å². The number of sulfonamides is 1. The second-order valence-electron chi connectivity index (χ2n) is 6.73. The van der Waals surface area contributed by atoms with Gasteiger partial charge in [-0.3, -0.25) is 19.2 Å². The fourth-order valence-electron chi connectivity index (χ4n) is 2.96. The summed E-state index contributed by atoms with van der Waals surface area (Å²) < 4.78 is 35.9. The molecule has 0 fully saturated rings. The van der Waals surface area contributed by atoms with Gasteiger partial charge in [-0.1, -0.05) is 12.1 Å². The molecule has 0 unspecified atom stereocenters. The van der Waals surface area contributed by atoms with Crippen LogP contribution in [0.2, 0.25) is 0 Å². The number of methoxy groups -OCH3 is 2. The molecule has 31 heavy (non-hydrogen) atoms. The number of rotatable bonds is 11. The van der Waals surface area contributed by atoms with Gasteiger partial charge in [0.15, 0.2) is 0 Å². The summed E-state index contributed by atoms with van der Waals surface area (Å²) in [6.45, 7) is 0.367. The summed E-state index contributed by atoms with van der Waals surface area (Å²) in [4.78, 5) is 22.8. The molecule has 0 saturated carbocycles. The Hall–Kier alpha value is -3.18. The molecule has 0 aliphatic heterocycles. The zero-order valence-corrected chi connectivity index (χ0v) is 18.3. The molecule has 0 heterocycles. The molecular weight excluding hydrogens is 426 g/mol. The molecule has 1 N–H and O–H groups in total. The number of hydrogen-bond donors (Lipinski definition) is 1. The lowest BCUT2D eigenvalue weighted by atomic mass is 10.2. The van der Waals surface area contributed by atoms with Crippen molar-refractivity contribution in [1.82, 2.24) is 0 Å². The van der Waals surface area contributed by atoms with Crippen LogP contribution in [0.25, 0.3) is 0 Å². The number of anilines is 2. The minimum Gasteiger partial charge on any atom is -0.495 e. The van der Waals surface area contributed by atoms with Gasteiger partial charge in [0.05, 0.1) is 24.9 Å². The van der Waals surface area contributed by atoms with Crippen molar-refractivity contribution in [2.45, 2.75) is 19.4 Å². The van der Waals surface area contributed by atoms with E-state index >= 15 is 0 Å². The molecule has 1 amide bonds. The summed E-state index contributed by atoms with van der Waals surface area (Å²) in [7, 11) is -0.855. The summed E-state index contributed by atoms with van der Waals surface area (Å²) in [5, 5.41) is 13.9. The van der Waals surface area contributed by atoms with Crippen molar-refractivity contribution in [3.63, 3.8) is 0 Å². The van der Waals surface area contributed by atoms with Crippen molar-refractivity contribution in [2.75, 3.05) is 36.6 Å². The fraction of sp³-hybridized carbons (Fsp3) is 0.350. The first-order valence-corrected chi connectivity index (χ1v) is 11.2. The van der Waals surface area contributed by atoms with Crippen LogP contribution in [-0.2, 0) is 26.2 Å². The molecule has 0 aromatic heterocycles. The first-order chi connectivity index (χ1) is 14.7. The van der Waals surface area contributed by atoms with Crippen molar-refractivity contribution < 1.29 is 27.6 Å². The van der Waals surface area contributed by atoms with Gasteiger partial charge in [-0.05, 0) is 30.2 Å². The number of nitro groups is 1. The minimum absolute atomic E-state index is 0.0480. The quantitative estimate of drug-likeness (QED) is 0.411. The van der Waals surface area contributed by atoms with Gasteiger partial charge in [0, 0.05) is 37.9 Å². The smallest absolute Gasteiger partial charge is 0.271 e. The Morgan fingerprint density at radius 1 is 1.19 bits per heavy atom. The largest absolute Gasteiger partial charge is 0.495 e. The lowest BCUT2D eigenvalue weighted by molar-refractivity contribution is -0.384. The van der Waals surface area contributed by atoms with Crippen molar-refractivity contribution >= 4 is 33.0 Å². The van der Waals surface area contributed by atoms with Gasteiger partial charge in [-0.2, -0.15) is 0 Å². The average molecular weight is 452 g/mol. The topological polar surface area (TPSA) is 128 Å². The Kier molecular flexibility index (Phi) is 8.34. The van der Waals surface area contributed by atoms with E-state index in [1.165, 1.54) is 19.2 Å². The molecule has 0 atom stereocenters. The van der Waals surface area contributed by atoms with Crippen LogP contribution < -0.4 is 14.4 Å². The summed E-state index contributed by atoms with van der Waals surface area (Å²) in [5.41, 5.74) is 1.30.